The lowest BCUT2D eigenvalue weighted by Gasteiger charge is -2.02. The molecule has 0 spiro atoms. The predicted molar refractivity (Wildman–Crippen MR) is 59.5 cm³/mol. The number of nitriles is 1. The van der Waals surface area contributed by atoms with E-state index in [1.54, 1.807) is 12.4 Å². The van der Waals surface area contributed by atoms with Crippen LogP contribution < -0.4 is 0 Å². The maximum Gasteiger partial charge on any atom is 0.162 e. The van der Waals surface area contributed by atoms with Crippen LogP contribution in [-0.4, -0.2) is 15.0 Å². The summed E-state index contributed by atoms with van der Waals surface area (Å²) in [4.78, 5) is 12.5. The average Bonchev–Trinajstić information content (AvgIpc) is 2.30. The fourth-order valence-electron chi connectivity index (χ4n) is 1.35. The van der Waals surface area contributed by atoms with E-state index in [0.717, 1.165) is 11.3 Å². The van der Waals surface area contributed by atoms with Gasteiger partial charge in [-0.15, -0.1) is 0 Å². The number of pyridine rings is 1. The zero-order valence-electron chi connectivity index (χ0n) is 9.10. The number of hydrogen-bond donors (Lipinski definition) is 0. The Labute approximate surface area is 93.6 Å². The molecule has 0 radical (unpaired) electrons. The Morgan fingerprint density at radius 1 is 1.12 bits per heavy atom. The van der Waals surface area contributed by atoms with Gasteiger partial charge in [0.15, 0.2) is 11.5 Å². The normalized spacial score (nSPS) is 9.81. The van der Waals surface area contributed by atoms with Gasteiger partial charge in [0.05, 0.1) is 5.56 Å². The number of rotatable bonds is 1. The molecule has 2 rings (SSSR count). The van der Waals surface area contributed by atoms with Gasteiger partial charge < -0.3 is 0 Å². The highest BCUT2D eigenvalue weighted by molar-refractivity contribution is 5.61. The number of aryl methyl sites for hydroxylation is 2. The van der Waals surface area contributed by atoms with Crippen molar-refractivity contribution < 1.29 is 0 Å². The Bertz CT molecular complexity index is 552. The quantitative estimate of drug-likeness (QED) is 0.722. The lowest BCUT2D eigenvalue weighted by Crippen LogP contribution is -1.95. The minimum absolute atomic E-state index is 0.365. The molecule has 2 aromatic heterocycles. The summed E-state index contributed by atoms with van der Waals surface area (Å²) >= 11 is 0. The van der Waals surface area contributed by atoms with Gasteiger partial charge in [-0.2, -0.15) is 5.26 Å². The second-order valence-electron chi connectivity index (χ2n) is 3.54. The van der Waals surface area contributed by atoms with E-state index in [0.29, 0.717) is 17.1 Å². The van der Waals surface area contributed by atoms with Gasteiger partial charge in [-0.3, -0.25) is 0 Å². The smallest absolute Gasteiger partial charge is 0.162 e. The first kappa shape index (κ1) is 10.2. The van der Waals surface area contributed by atoms with Gasteiger partial charge >= 0.3 is 0 Å². The Morgan fingerprint density at radius 3 is 2.44 bits per heavy atom. The first-order valence-electron chi connectivity index (χ1n) is 4.87. The lowest BCUT2D eigenvalue weighted by molar-refractivity contribution is 1.11. The van der Waals surface area contributed by atoms with Crippen LogP contribution in [0.4, 0.5) is 0 Å². The molecule has 0 saturated heterocycles. The van der Waals surface area contributed by atoms with Crippen molar-refractivity contribution in [2.24, 2.45) is 0 Å². The molecule has 0 atom stereocenters. The molecule has 16 heavy (non-hydrogen) atoms. The van der Waals surface area contributed by atoms with Crippen molar-refractivity contribution in [1.82, 2.24) is 15.0 Å². The van der Waals surface area contributed by atoms with Gasteiger partial charge in [0, 0.05) is 18.1 Å². The molecule has 0 aliphatic carbocycles. The minimum Gasteiger partial charge on any atom is -0.242 e. The third-order valence-electron chi connectivity index (χ3n) is 2.16. The second-order valence-corrected chi connectivity index (χ2v) is 3.54. The fourth-order valence-corrected chi connectivity index (χ4v) is 1.35. The standard InChI is InChI=1S/C12H10N4/c1-8-6-14-12(15-7-8)10-4-3-9(2)16-11(10)5-13/h3-4,6-7H,1-2H3. The zero-order valence-corrected chi connectivity index (χ0v) is 9.10. The van der Waals surface area contributed by atoms with E-state index in [1.807, 2.05) is 26.0 Å². The van der Waals surface area contributed by atoms with Crippen molar-refractivity contribution in [2.45, 2.75) is 13.8 Å². The van der Waals surface area contributed by atoms with E-state index in [9.17, 15) is 0 Å². The van der Waals surface area contributed by atoms with Crippen LogP contribution in [0, 0.1) is 25.2 Å². The fraction of sp³-hybridized carbons (Fsp3) is 0.167. The molecule has 0 bridgehead atoms. The van der Waals surface area contributed by atoms with Crippen LogP contribution in [0.15, 0.2) is 24.5 Å². The van der Waals surface area contributed by atoms with Crippen LogP contribution in [0.2, 0.25) is 0 Å². The molecule has 0 fully saturated rings. The van der Waals surface area contributed by atoms with Gasteiger partial charge in [-0.1, -0.05) is 0 Å². The molecule has 0 unspecified atom stereocenters. The van der Waals surface area contributed by atoms with E-state index in [-0.39, 0.29) is 0 Å². The summed E-state index contributed by atoms with van der Waals surface area (Å²) in [6, 6.07) is 5.73. The highest BCUT2D eigenvalue weighted by Gasteiger charge is 2.08. The molecule has 4 nitrogen and oxygen atoms in total. The monoisotopic (exact) mass is 210 g/mol. The summed E-state index contributed by atoms with van der Waals surface area (Å²) < 4.78 is 0. The molecule has 2 heterocycles. The van der Waals surface area contributed by atoms with Gasteiger partial charge in [0.25, 0.3) is 0 Å². The maximum absolute atomic E-state index is 8.99. The highest BCUT2D eigenvalue weighted by atomic mass is 14.9. The van der Waals surface area contributed by atoms with Crippen molar-refractivity contribution in [3.8, 4) is 17.5 Å². The van der Waals surface area contributed by atoms with Crippen molar-refractivity contribution in [1.29, 1.82) is 5.26 Å². The summed E-state index contributed by atoms with van der Waals surface area (Å²) in [6.45, 7) is 3.77. The molecule has 0 aliphatic rings. The van der Waals surface area contributed by atoms with Crippen LogP contribution in [0.1, 0.15) is 17.0 Å². The first-order valence-corrected chi connectivity index (χ1v) is 4.87. The topological polar surface area (TPSA) is 62.5 Å². The zero-order chi connectivity index (χ0) is 11.5. The summed E-state index contributed by atoms with van der Waals surface area (Å²) in [5, 5.41) is 8.99. The maximum atomic E-state index is 8.99. The summed E-state index contributed by atoms with van der Waals surface area (Å²) in [5.41, 5.74) is 2.84. The lowest BCUT2D eigenvalue weighted by atomic mass is 10.1. The first-order chi connectivity index (χ1) is 7.70. The Morgan fingerprint density at radius 2 is 1.81 bits per heavy atom. The van der Waals surface area contributed by atoms with E-state index in [2.05, 4.69) is 21.0 Å². The van der Waals surface area contributed by atoms with Crippen LogP contribution >= 0.6 is 0 Å². The number of aromatic nitrogens is 3. The minimum atomic E-state index is 0.365. The molecule has 0 aromatic carbocycles. The summed E-state index contributed by atoms with van der Waals surface area (Å²) in [6.07, 6.45) is 3.45. The van der Waals surface area contributed by atoms with Crippen LogP contribution in [0.25, 0.3) is 11.4 Å². The van der Waals surface area contributed by atoms with Crippen molar-refractivity contribution >= 4 is 0 Å². The molecule has 4 heteroatoms. The van der Waals surface area contributed by atoms with E-state index in [4.69, 9.17) is 5.26 Å². The molecule has 78 valence electrons. The Balaban J connectivity index is 2.56. The molecule has 0 aliphatic heterocycles. The molecular formula is C12H10N4. The van der Waals surface area contributed by atoms with Crippen LogP contribution in [-0.2, 0) is 0 Å². The third kappa shape index (κ3) is 1.89. The van der Waals surface area contributed by atoms with Crippen LogP contribution in [0.5, 0.6) is 0 Å². The summed E-state index contributed by atoms with van der Waals surface area (Å²) in [7, 11) is 0. The van der Waals surface area contributed by atoms with E-state index < -0.39 is 0 Å². The molecule has 2 aromatic rings. The SMILES string of the molecule is Cc1cnc(-c2ccc(C)nc2C#N)nc1. The highest BCUT2D eigenvalue weighted by Crippen LogP contribution is 2.17. The van der Waals surface area contributed by atoms with Crippen molar-refractivity contribution in [2.75, 3.05) is 0 Å². The Kier molecular flexibility index (Phi) is 2.61. The van der Waals surface area contributed by atoms with Crippen molar-refractivity contribution in [3.05, 3.63) is 41.5 Å². The average molecular weight is 210 g/mol. The van der Waals surface area contributed by atoms with E-state index in [1.165, 1.54) is 0 Å². The molecule has 0 N–H and O–H groups in total. The largest absolute Gasteiger partial charge is 0.242 e. The molecule has 0 saturated carbocycles. The summed E-state index contributed by atoms with van der Waals surface area (Å²) in [5.74, 6) is 0.537. The van der Waals surface area contributed by atoms with E-state index >= 15 is 0 Å². The number of hydrogen-bond acceptors (Lipinski definition) is 4. The van der Waals surface area contributed by atoms with Crippen LogP contribution in [0.3, 0.4) is 0 Å². The van der Waals surface area contributed by atoms with Gasteiger partial charge in [0.1, 0.15) is 6.07 Å². The van der Waals surface area contributed by atoms with Gasteiger partial charge in [0.2, 0.25) is 0 Å². The predicted octanol–water partition coefficient (Wildman–Crippen LogP) is 2.03. The number of nitrogens with zero attached hydrogens (tertiary/aromatic N) is 4. The molecular weight excluding hydrogens is 200 g/mol. The Hall–Kier alpha value is -2.28. The van der Waals surface area contributed by atoms with Gasteiger partial charge in [-0.25, -0.2) is 15.0 Å². The van der Waals surface area contributed by atoms with Crippen molar-refractivity contribution in [3.63, 3.8) is 0 Å². The second kappa shape index (κ2) is 4.07. The van der Waals surface area contributed by atoms with Gasteiger partial charge in [-0.05, 0) is 31.5 Å². The molecule has 0 amide bonds. The third-order valence-corrected chi connectivity index (χ3v) is 2.16.